The number of carbonyl (C=O) groups is 1. The van der Waals surface area contributed by atoms with E-state index in [0.717, 1.165) is 16.2 Å². The quantitative estimate of drug-likeness (QED) is 0.195. The first kappa shape index (κ1) is 26.3. The van der Waals surface area contributed by atoms with Crippen molar-refractivity contribution >= 4 is 29.1 Å². The van der Waals surface area contributed by atoms with E-state index in [1.807, 2.05) is 30.4 Å². The van der Waals surface area contributed by atoms with Gasteiger partial charge in [-0.15, -0.1) is 21.5 Å². The number of H-pyrrole nitrogens is 1. The van der Waals surface area contributed by atoms with Gasteiger partial charge in [-0.2, -0.15) is 17.0 Å². The number of aliphatic hydroxyl groups is 1. The van der Waals surface area contributed by atoms with E-state index in [4.69, 9.17) is 5.11 Å². The summed E-state index contributed by atoms with van der Waals surface area (Å²) in [5.74, 6) is 0.0962. The van der Waals surface area contributed by atoms with E-state index in [2.05, 4.69) is 33.6 Å². The molecule has 0 fully saturated rings. The summed E-state index contributed by atoms with van der Waals surface area (Å²) in [6, 6.07) is 3.72. The molecule has 2 heterocycles. The van der Waals surface area contributed by atoms with Gasteiger partial charge < -0.3 is 10.2 Å². The van der Waals surface area contributed by atoms with E-state index in [9.17, 15) is 9.90 Å². The van der Waals surface area contributed by atoms with Crippen molar-refractivity contribution in [2.75, 3.05) is 5.75 Å². The van der Waals surface area contributed by atoms with Gasteiger partial charge in [-0.3, -0.25) is 4.79 Å². The number of carboxylic acids is 1. The highest BCUT2D eigenvalue weighted by atomic mass is 32.2. The van der Waals surface area contributed by atoms with Gasteiger partial charge in [-0.05, 0) is 30.2 Å². The fourth-order valence-electron chi connectivity index (χ4n) is 3.16. The Balaban J connectivity index is 1.85. The SMILES string of the molecule is CCCCCCCCC/C=C/C=C/C(SCCC(=O)O)C(O)c1ccc(-c2nn[nH]n2)s1. The van der Waals surface area contributed by atoms with E-state index in [-0.39, 0.29) is 11.7 Å². The van der Waals surface area contributed by atoms with Crippen LogP contribution < -0.4 is 0 Å². The van der Waals surface area contributed by atoms with Gasteiger partial charge >= 0.3 is 5.97 Å². The standard InChI is InChI=1S/C23H34N4O3S2/c1-2-3-4-5-6-7-8-9-10-11-12-13-18(31-17-16-21(28)29)22(30)19-14-15-20(32-19)23-24-26-27-25-23/h10-15,18,22,30H,2-9,16-17H2,1H3,(H,28,29)(H,24,25,26,27)/b11-10+,13-12+. The molecule has 0 saturated heterocycles. The Kier molecular flexibility index (Phi) is 13.0. The zero-order valence-corrected chi connectivity index (χ0v) is 20.3. The number of aromatic amines is 1. The number of nitrogens with one attached hydrogen (secondary N) is 1. The minimum absolute atomic E-state index is 0.0639. The summed E-state index contributed by atoms with van der Waals surface area (Å²) >= 11 is 2.86. The molecule has 2 atom stereocenters. The van der Waals surface area contributed by atoms with Crippen LogP contribution in [-0.2, 0) is 4.79 Å². The van der Waals surface area contributed by atoms with Crippen molar-refractivity contribution in [1.82, 2.24) is 20.6 Å². The van der Waals surface area contributed by atoms with Crippen LogP contribution in [0.3, 0.4) is 0 Å². The lowest BCUT2D eigenvalue weighted by molar-refractivity contribution is -0.136. The van der Waals surface area contributed by atoms with Crippen molar-refractivity contribution in [3.05, 3.63) is 41.3 Å². The number of allylic oxidation sites excluding steroid dienone is 3. The molecule has 0 aliphatic rings. The molecule has 0 aliphatic heterocycles. The van der Waals surface area contributed by atoms with Crippen molar-refractivity contribution in [2.45, 2.75) is 76.1 Å². The number of aliphatic hydroxyl groups excluding tert-OH is 1. The third-order valence-corrected chi connectivity index (χ3v) is 7.34. The number of hydrogen-bond acceptors (Lipinski definition) is 7. The number of tetrazole rings is 1. The van der Waals surface area contributed by atoms with Gasteiger partial charge in [0.15, 0.2) is 0 Å². The van der Waals surface area contributed by atoms with E-state index in [1.54, 1.807) is 0 Å². The van der Waals surface area contributed by atoms with Gasteiger partial charge in [0.1, 0.15) is 6.10 Å². The number of nitrogens with zero attached hydrogens (tertiary/aromatic N) is 3. The van der Waals surface area contributed by atoms with Gasteiger partial charge in [0.25, 0.3) is 0 Å². The molecule has 3 N–H and O–H groups in total. The fourth-order valence-corrected chi connectivity index (χ4v) is 5.31. The molecule has 0 spiro atoms. The van der Waals surface area contributed by atoms with Crippen LogP contribution in [0.4, 0.5) is 0 Å². The maximum Gasteiger partial charge on any atom is 0.304 e. The largest absolute Gasteiger partial charge is 0.481 e. The Morgan fingerprint density at radius 1 is 1.19 bits per heavy atom. The first-order chi connectivity index (χ1) is 15.6. The lowest BCUT2D eigenvalue weighted by Gasteiger charge is -2.18. The smallest absolute Gasteiger partial charge is 0.304 e. The highest BCUT2D eigenvalue weighted by Gasteiger charge is 2.22. The predicted molar refractivity (Wildman–Crippen MR) is 132 cm³/mol. The molecule has 2 aromatic heterocycles. The summed E-state index contributed by atoms with van der Waals surface area (Å²) in [4.78, 5) is 12.5. The lowest BCUT2D eigenvalue weighted by Crippen LogP contribution is -2.13. The van der Waals surface area contributed by atoms with Gasteiger partial charge in [-0.25, -0.2) is 0 Å². The average Bonchev–Trinajstić information content (AvgIpc) is 3.47. The van der Waals surface area contributed by atoms with Gasteiger partial charge in [-0.1, -0.05) is 69.8 Å². The van der Waals surface area contributed by atoms with Crippen molar-refractivity contribution in [3.63, 3.8) is 0 Å². The monoisotopic (exact) mass is 478 g/mol. The Bertz CT molecular complexity index is 821. The molecule has 32 heavy (non-hydrogen) atoms. The highest BCUT2D eigenvalue weighted by Crippen LogP contribution is 2.35. The molecule has 9 heteroatoms. The number of aromatic nitrogens is 4. The molecule has 0 aliphatic carbocycles. The molecular weight excluding hydrogens is 444 g/mol. The summed E-state index contributed by atoms with van der Waals surface area (Å²) in [6.45, 7) is 2.24. The van der Waals surface area contributed by atoms with Crippen LogP contribution in [0.15, 0.2) is 36.4 Å². The fraction of sp³-hybridized carbons (Fsp3) is 0.565. The molecule has 2 rings (SSSR count). The van der Waals surface area contributed by atoms with Crippen molar-refractivity contribution < 1.29 is 15.0 Å². The Morgan fingerprint density at radius 3 is 2.69 bits per heavy atom. The second-order valence-electron chi connectivity index (χ2n) is 7.58. The number of unbranched alkanes of at least 4 members (excludes halogenated alkanes) is 7. The summed E-state index contributed by atoms with van der Waals surface area (Å²) in [7, 11) is 0. The number of hydrogen-bond donors (Lipinski definition) is 3. The van der Waals surface area contributed by atoms with Gasteiger partial charge in [0, 0.05) is 10.6 Å². The van der Waals surface area contributed by atoms with Gasteiger partial charge in [0.05, 0.1) is 16.5 Å². The first-order valence-corrected chi connectivity index (χ1v) is 13.2. The van der Waals surface area contributed by atoms with Crippen LogP contribution in [0.25, 0.3) is 10.7 Å². The summed E-state index contributed by atoms with van der Waals surface area (Å²) in [6.07, 6.45) is 17.5. The molecule has 0 radical (unpaired) electrons. The summed E-state index contributed by atoms with van der Waals surface area (Å²) in [5.41, 5.74) is 0. The summed E-state index contributed by atoms with van der Waals surface area (Å²) in [5, 5.41) is 33.6. The maximum atomic E-state index is 10.9. The minimum Gasteiger partial charge on any atom is -0.481 e. The molecule has 0 saturated carbocycles. The van der Waals surface area contributed by atoms with E-state index >= 15 is 0 Å². The lowest BCUT2D eigenvalue weighted by atomic mass is 10.1. The minimum atomic E-state index is -0.833. The van der Waals surface area contributed by atoms with Crippen LogP contribution in [0.1, 0.15) is 75.7 Å². The molecular formula is C23H34N4O3S2. The molecule has 2 aromatic rings. The number of carboxylic acid groups (broad SMARTS) is 1. The van der Waals surface area contributed by atoms with Crippen LogP contribution >= 0.6 is 23.1 Å². The molecule has 0 amide bonds. The normalized spacial score (nSPS) is 13.8. The van der Waals surface area contributed by atoms with Crippen LogP contribution in [-0.4, -0.2) is 47.8 Å². The number of thioether (sulfide) groups is 1. The Hall–Kier alpha value is -1.97. The second-order valence-corrected chi connectivity index (χ2v) is 9.99. The van der Waals surface area contributed by atoms with Crippen LogP contribution in [0.2, 0.25) is 0 Å². The zero-order chi connectivity index (χ0) is 23.0. The molecule has 2 unspecified atom stereocenters. The predicted octanol–water partition coefficient (Wildman–Crippen LogP) is 5.79. The average molecular weight is 479 g/mol. The Morgan fingerprint density at radius 2 is 1.97 bits per heavy atom. The van der Waals surface area contributed by atoms with Crippen LogP contribution in [0.5, 0.6) is 0 Å². The van der Waals surface area contributed by atoms with E-state index < -0.39 is 12.1 Å². The first-order valence-electron chi connectivity index (χ1n) is 11.3. The molecule has 0 aromatic carbocycles. The number of aliphatic carboxylic acids is 1. The highest BCUT2D eigenvalue weighted by molar-refractivity contribution is 8.00. The van der Waals surface area contributed by atoms with Crippen molar-refractivity contribution in [3.8, 4) is 10.7 Å². The topological polar surface area (TPSA) is 112 Å². The zero-order valence-electron chi connectivity index (χ0n) is 18.7. The maximum absolute atomic E-state index is 10.9. The van der Waals surface area contributed by atoms with E-state index in [1.165, 1.54) is 68.0 Å². The molecule has 176 valence electrons. The van der Waals surface area contributed by atoms with Crippen molar-refractivity contribution in [1.29, 1.82) is 0 Å². The second kappa shape index (κ2) is 15.8. The number of thiophene rings is 1. The number of rotatable bonds is 17. The van der Waals surface area contributed by atoms with E-state index in [0.29, 0.717) is 11.6 Å². The van der Waals surface area contributed by atoms with Crippen LogP contribution in [0, 0.1) is 0 Å². The summed E-state index contributed by atoms with van der Waals surface area (Å²) < 4.78 is 0. The third-order valence-electron chi connectivity index (χ3n) is 4.94. The van der Waals surface area contributed by atoms with Crippen molar-refractivity contribution in [2.24, 2.45) is 0 Å². The van der Waals surface area contributed by atoms with Gasteiger partial charge in [0.2, 0.25) is 5.82 Å². The third kappa shape index (κ3) is 10.1. The molecule has 7 nitrogen and oxygen atoms in total. The Labute approximate surface area is 198 Å². The molecule has 0 bridgehead atoms.